The number of aliphatic hydroxyl groups is 1. The van der Waals surface area contributed by atoms with Crippen molar-refractivity contribution in [3.8, 4) is 0 Å². The topological polar surface area (TPSA) is 53.4 Å². The van der Waals surface area contributed by atoms with E-state index in [1.54, 1.807) is 41.6 Å². The number of halogens is 1. The Labute approximate surface area is 146 Å². The van der Waals surface area contributed by atoms with E-state index in [4.69, 9.17) is 0 Å². The van der Waals surface area contributed by atoms with Crippen LogP contribution in [0.4, 0.5) is 4.39 Å². The molecule has 1 aliphatic heterocycles. The summed E-state index contributed by atoms with van der Waals surface area (Å²) in [6.45, 7) is 1.22. The first-order chi connectivity index (χ1) is 12.1. The monoisotopic (exact) mass is 340 g/mol. The van der Waals surface area contributed by atoms with Gasteiger partial charge in [-0.1, -0.05) is 18.2 Å². The summed E-state index contributed by atoms with van der Waals surface area (Å²) < 4.78 is 13.0. The van der Waals surface area contributed by atoms with Crippen molar-refractivity contribution in [1.82, 2.24) is 9.88 Å². The standard InChI is InChI=1S/C20H21FN2O2/c21-18-6-4-16(5-7-18)20(25)17-9-12-23(13-10-17)19(24)8-3-15-2-1-11-22-14-15/h1-8,11,14,17,20,25H,9-10,12-13H2/b8-3+. The molecule has 2 heterocycles. The maximum Gasteiger partial charge on any atom is 0.246 e. The molecule has 0 spiro atoms. The maximum atomic E-state index is 13.0. The summed E-state index contributed by atoms with van der Waals surface area (Å²) in [4.78, 5) is 18.1. The fourth-order valence-corrected chi connectivity index (χ4v) is 3.12. The molecule has 1 aromatic heterocycles. The van der Waals surface area contributed by atoms with Gasteiger partial charge in [-0.25, -0.2) is 4.39 Å². The summed E-state index contributed by atoms with van der Waals surface area (Å²) in [7, 11) is 0. The highest BCUT2D eigenvalue weighted by Gasteiger charge is 2.27. The molecule has 1 saturated heterocycles. The lowest BCUT2D eigenvalue weighted by molar-refractivity contribution is -0.127. The third-order valence-electron chi connectivity index (χ3n) is 4.61. The van der Waals surface area contributed by atoms with Crippen molar-refractivity contribution >= 4 is 12.0 Å². The Hall–Kier alpha value is -2.53. The van der Waals surface area contributed by atoms with E-state index in [9.17, 15) is 14.3 Å². The minimum Gasteiger partial charge on any atom is -0.388 e. The van der Waals surface area contributed by atoms with Crippen LogP contribution in [0.25, 0.3) is 6.08 Å². The third-order valence-corrected chi connectivity index (χ3v) is 4.61. The van der Waals surface area contributed by atoms with Crippen molar-refractivity contribution in [2.45, 2.75) is 18.9 Å². The number of carbonyl (C=O) groups is 1. The molecule has 1 amide bonds. The molecule has 5 heteroatoms. The highest BCUT2D eigenvalue weighted by molar-refractivity contribution is 5.91. The number of hydrogen-bond acceptors (Lipinski definition) is 3. The van der Waals surface area contributed by atoms with Crippen LogP contribution in [0.1, 0.15) is 30.1 Å². The van der Waals surface area contributed by atoms with Crippen molar-refractivity contribution in [3.63, 3.8) is 0 Å². The number of piperidine rings is 1. The molecule has 2 aromatic rings. The molecule has 0 radical (unpaired) electrons. The van der Waals surface area contributed by atoms with Crippen molar-refractivity contribution in [1.29, 1.82) is 0 Å². The average molecular weight is 340 g/mol. The van der Waals surface area contributed by atoms with Gasteiger partial charge in [0.25, 0.3) is 0 Å². The fourth-order valence-electron chi connectivity index (χ4n) is 3.12. The summed E-state index contributed by atoms with van der Waals surface area (Å²) in [6.07, 6.45) is 7.55. The quantitative estimate of drug-likeness (QED) is 0.870. The molecule has 0 bridgehead atoms. The molecule has 4 nitrogen and oxygen atoms in total. The maximum absolute atomic E-state index is 13.0. The molecule has 1 unspecified atom stereocenters. The largest absolute Gasteiger partial charge is 0.388 e. The van der Waals surface area contributed by atoms with Crippen LogP contribution < -0.4 is 0 Å². The second-order valence-corrected chi connectivity index (χ2v) is 6.28. The summed E-state index contributed by atoms with van der Waals surface area (Å²) >= 11 is 0. The first kappa shape index (κ1) is 17.3. The average Bonchev–Trinajstić information content (AvgIpc) is 2.67. The van der Waals surface area contributed by atoms with Crippen LogP contribution in [-0.4, -0.2) is 34.0 Å². The highest BCUT2D eigenvalue weighted by Crippen LogP contribution is 2.30. The van der Waals surface area contributed by atoms with E-state index in [0.717, 1.165) is 24.0 Å². The van der Waals surface area contributed by atoms with Gasteiger partial charge in [-0.3, -0.25) is 9.78 Å². The van der Waals surface area contributed by atoms with E-state index < -0.39 is 6.10 Å². The predicted molar refractivity (Wildman–Crippen MR) is 93.9 cm³/mol. The van der Waals surface area contributed by atoms with E-state index in [2.05, 4.69) is 4.98 Å². The van der Waals surface area contributed by atoms with Gasteiger partial charge in [0.05, 0.1) is 6.10 Å². The highest BCUT2D eigenvalue weighted by atomic mass is 19.1. The Kier molecular flexibility index (Phi) is 5.56. The molecule has 1 fully saturated rings. The number of amides is 1. The smallest absolute Gasteiger partial charge is 0.246 e. The first-order valence-corrected chi connectivity index (χ1v) is 8.44. The lowest BCUT2D eigenvalue weighted by atomic mass is 9.87. The number of aliphatic hydroxyl groups excluding tert-OH is 1. The number of likely N-dealkylation sites (tertiary alicyclic amines) is 1. The van der Waals surface area contributed by atoms with Gasteiger partial charge in [0.1, 0.15) is 5.82 Å². The number of nitrogens with zero attached hydrogens (tertiary/aromatic N) is 2. The van der Waals surface area contributed by atoms with Crippen molar-refractivity contribution < 1.29 is 14.3 Å². The Bertz CT molecular complexity index is 723. The molecule has 1 aliphatic rings. The second-order valence-electron chi connectivity index (χ2n) is 6.28. The lowest BCUT2D eigenvalue weighted by Gasteiger charge is -2.34. The molecule has 130 valence electrons. The zero-order valence-corrected chi connectivity index (χ0v) is 13.9. The molecule has 0 saturated carbocycles. The first-order valence-electron chi connectivity index (χ1n) is 8.44. The number of hydrogen-bond donors (Lipinski definition) is 1. The van der Waals surface area contributed by atoms with Crippen LogP contribution in [-0.2, 0) is 4.79 Å². The second kappa shape index (κ2) is 8.03. The van der Waals surface area contributed by atoms with Crippen molar-refractivity contribution in [2.75, 3.05) is 13.1 Å². The van der Waals surface area contributed by atoms with Crippen LogP contribution in [0.2, 0.25) is 0 Å². The van der Waals surface area contributed by atoms with Gasteiger partial charge in [0.2, 0.25) is 5.91 Å². The fraction of sp³-hybridized carbons (Fsp3) is 0.300. The SMILES string of the molecule is O=C(/C=C/c1cccnc1)N1CCC(C(O)c2ccc(F)cc2)CC1. The van der Waals surface area contributed by atoms with Gasteiger partial charge in [-0.05, 0) is 54.2 Å². The summed E-state index contributed by atoms with van der Waals surface area (Å²) in [6, 6.07) is 9.68. The molecular formula is C20H21FN2O2. The number of benzene rings is 1. The van der Waals surface area contributed by atoms with E-state index in [-0.39, 0.29) is 17.6 Å². The van der Waals surface area contributed by atoms with Gasteiger partial charge in [-0.2, -0.15) is 0 Å². The number of pyridine rings is 1. The number of rotatable bonds is 4. The van der Waals surface area contributed by atoms with E-state index >= 15 is 0 Å². The van der Waals surface area contributed by atoms with Crippen molar-refractivity contribution in [3.05, 3.63) is 71.8 Å². The van der Waals surface area contributed by atoms with Gasteiger partial charge < -0.3 is 10.0 Å². The van der Waals surface area contributed by atoms with Gasteiger partial charge in [-0.15, -0.1) is 0 Å². The van der Waals surface area contributed by atoms with Gasteiger partial charge in [0, 0.05) is 31.6 Å². The Morgan fingerprint density at radius 3 is 2.60 bits per heavy atom. The van der Waals surface area contributed by atoms with Crippen LogP contribution in [0.3, 0.4) is 0 Å². The van der Waals surface area contributed by atoms with Gasteiger partial charge in [0.15, 0.2) is 0 Å². The minimum absolute atomic E-state index is 0.0291. The van der Waals surface area contributed by atoms with E-state index in [0.29, 0.717) is 13.1 Å². The number of aromatic nitrogens is 1. The molecule has 0 aliphatic carbocycles. The van der Waals surface area contributed by atoms with E-state index in [1.165, 1.54) is 12.1 Å². The van der Waals surface area contributed by atoms with Crippen LogP contribution in [0, 0.1) is 11.7 Å². The van der Waals surface area contributed by atoms with E-state index in [1.807, 2.05) is 12.1 Å². The van der Waals surface area contributed by atoms with Crippen LogP contribution in [0.5, 0.6) is 0 Å². The normalized spacial score (nSPS) is 17.0. The van der Waals surface area contributed by atoms with Crippen LogP contribution >= 0.6 is 0 Å². The third kappa shape index (κ3) is 4.51. The zero-order valence-electron chi connectivity index (χ0n) is 13.9. The summed E-state index contributed by atoms with van der Waals surface area (Å²) in [5, 5.41) is 10.5. The predicted octanol–water partition coefficient (Wildman–Crippen LogP) is 3.21. The molecule has 1 N–H and O–H groups in total. The summed E-state index contributed by atoms with van der Waals surface area (Å²) in [5.41, 5.74) is 1.61. The molecule has 3 rings (SSSR count). The Balaban J connectivity index is 1.53. The molecule has 1 aromatic carbocycles. The molecule has 25 heavy (non-hydrogen) atoms. The molecule has 1 atom stereocenters. The Morgan fingerprint density at radius 2 is 1.96 bits per heavy atom. The van der Waals surface area contributed by atoms with Crippen molar-refractivity contribution in [2.24, 2.45) is 5.92 Å². The number of carbonyl (C=O) groups excluding carboxylic acids is 1. The van der Waals surface area contributed by atoms with Gasteiger partial charge >= 0.3 is 0 Å². The lowest BCUT2D eigenvalue weighted by Crippen LogP contribution is -2.38. The minimum atomic E-state index is -0.621. The summed E-state index contributed by atoms with van der Waals surface area (Å²) in [5.74, 6) is -0.257. The Morgan fingerprint density at radius 1 is 1.24 bits per heavy atom. The zero-order chi connectivity index (χ0) is 17.6. The van der Waals surface area contributed by atoms with Crippen LogP contribution in [0.15, 0.2) is 54.9 Å². The molecular weight excluding hydrogens is 319 g/mol.